The number of hydrogen-bond acceptors (Lipinski definition) is 6. The van der Waals surface area contributed by atoms with Gasteiger partial charge >= 0.3 is 0 Å². The second-order valence-electron chi connectivity index (χ2n) is 3.48. The summed E-state index contributed by atoms with van der Waals surface area (Å²) in [5, 5.41) is 36.1. The van der Waals surface area contributed by atoms with E-state index in [1.807, 2.05) is 0 Å². The molecule has 0 saturated heterocycles. The predicted octanol–water partition coefficient (Wildman–Crippen LogP) is 0.367. The van der Waals surface area contributed by atoms with E-state index >= 15 is 0 Å². The van der Waals surface area contributed by atoms with Crippen LogP contribution in [0.5, 0.6) is 11.5 Å². The van der Waals surface area contributed by atoms with Crippen LogP contribution in [0.15, 0.2) is 18.2 Å². The van der Waals surface area contributed by atoms with Gasteiger partial charge in [-0.3, -0.25) is 4.79 Å². The number of aliphatic hydroxyl groups excluding tert-OH is 2. The molecule has 0 heterocycles. The molecule has 1 atom stereocenters. The molecule has 0 bridgehead atoms. The van der Waals surface area contributed by atoms with Crippen molar-refractivity contribution in [2.75, 3.05) is 18.1 Å². The number of ketones is 1. The third-order valence-electron chi connectivity index (χ3n) is 2.04. The molecule has 0 aromatic heterocycles. The quantitative estimate of drug-likeness (QED) is 0.550. The van der Waals surface area contributed by atoms with Crippen molar-refractivity contribution in [2.45, 2.75) is 6.10 Å². The Hall–Kier alpha value is -1.24. The van der Waals surface area contributed by atoms with E-state index in [1.165, 1.54) is 23.9 Å². The third-order valence-corrected chi connectivity index (χ3v) is 3.12. The van der Waals surface area contributed by atoms with Crippen LogP contribution in [0.4, 0.5) is 0 Å². The normalized spacial score (nSPS) is 12.4. The van der Waals surface area contributed by atoms with E-state index in [2.05, 4.69) is 0 Å². The number of benzene rings is 1. The van der Waals surface area contributed by atoms with Crippen molar-refractivity contribution in [3.8, 4) is 11.5 Å². The first-order valence-corrected chi connectivity index (χ1v) is 6.12. The van der Waals surface area contributed by atoms with Crippen LogP contribution in [0.2, 0.25) is 0 Å². The molecule has 0 fully saturated rings. The lowest BCUT2D eigenvalue weighted by molar-refractivity contribution is 0.101. The summed E-state index contributed by atoms with van der Waals surface area (Å²) < 4.78 is 0. The zero-order valence-corrected chi connectivity index (χ0v) is 9.85. The Morgan fingerprint density at radius 2 is 2.06 bits per heavy atom. The molecule has 4 N–H and O–H groups in total. The van der Waals surface area contributed by atoms with Crippen LogP contribution in [0.1, 0.15) is 10.4 Å². The Balaban J connectivity index is 2.52. The molecular weight excluding hydrogens is 244 g/mol. The highest BCUT2D eigenvalue weighted by atomic mass is 32.2. The number of aromatic hydroxyl groups is 2. The minimum Gasteiger partial charge on any atom is -0.508 e. The summed E-state index contributed by atoms with van der Waals surface area (Å²) in [4.78, 5) is 11.6. The van der Waals surface area contributed by atoms with Crippen LogP contribution in [0, 0.1) is 0 Å². The SMILES string of the molecule is O=C(CSCC(O)CO)c1ccc(O)cc1O. The van der Waals surface area contributed by atoms with Crippen LogP contribution in [0.25, 0.3) is 0 Å². The second kappa shape index (κ2) is 6.48. The largest absolute Gasteiger partial charge is 0.508 e. The summed E-state index contributed by atoms with van der Waals surface area (Å²) >= 11 is 1.17. The lowest BCUT2D eigenvalue weighted by atomic mass is 10.1. The average molecular weight is 258 g/mol. The first-order valence-electron chi connectivity index (χ1n) is 4.96. The molecule has 94 valence electrons. The van der Waals surface area contributed by atoms with Gasteiger partial charge in [-0.05, 0) is 12.1 Å². The lowest BCUT2D eigenvalue weighted by Crippen LogP contribution is -2.16. The number of Topliss-reactive ketones (excluding diaryl/α,β-unsaturated/α-hetero) is 1. The maximum Gasteiger partial charge on any atom is 0.176 e. The molecule has 5 nitrogen and oxygen atoms in total. The van der Waals surface area contributed by atoms with Gasteiger partial charge in [0.25, 0.3) is 0 Å². The standard InChI is InChI=1S/C11H14O5S/c12-4-8(14)5-17-6-11(16)9-2-1-7(13)3-10(9)15/h1-3,8,12-15H,4-6H2. The highest BCUT2D eigenvalue weighted by Crippen LogP contribution is 2.23. The molecule has 0 aliphatic heterocycles. The fourth-order valence-corrected chi connectivity index (χ4v) is 2.01. The number of thioether (sulfide) groups is 1. The maximum atomic E-state index is 11.6. The average Bonchev–Trinajstić information content (AvgIpc) is 2.28. The first-order chi connectivity index (χ1) is 8.04. The molecule has 0 spiro atoms. The number of hydrogen-bond donors (Lipinski definition) is 4. The number of rotatable bonds is 6. The summed E-state index contributed by atoms with van der Waals surface area (Å²) in [5.74, 6) is -0.324. The van der Waals surface area contributed by atoms with Crippen LogP contribution < -0.4 is 0 Å². The minimum absolute atomic E-state index is 0.0927. The van der Waals surface area contributed by atoms with Crippen molar-refractivity contribution in [3.63, 3.8) is 0 Å². The van der Waals surface area contributed by atoms with Crippen molar-refractivity contribution in [3.05, 3.63) is 23.8 Å². The highest BCUT2D eigenvalue weighted by molar-refractivity contribution is 8.00. The summed E-state index contributed by atoms with van der Waals surface area (Å²) in [5.41, 5.74) is 0.133. The van der Waals surface area contributed by atoms with Gasteiger partial charge in [0.2, 0.25) is 0 Å². The topological polar surface area (TPSA) is 98.0 Å². The zero-order chi connectivity index (χ0) is 12.8. The second-order valence-corrected chi connectivity index (χ2v) is 4.51. The van der Waals surface area contributed by atoms with Crippen LogP contribution in [-0.2, 0) is 0 Å². The van der Waals surface area contributed by atoms with E-state index in [1.54, 1.807) is 0 Å². The van der Waals surface area contributed by atoms with E-state index in [0.29, 0.717) is 0 Å². The van der Waals surface area contributed by atoms with Gasteiger partial charge in [-0.15, -0.1) is 0 Å². The number of carbonyl (C=O) groups excluding carboxylic acids is 1. The van der Waals surface area contributed by atoms with Crippen molar-refractivity contribution < 1.29 is 25.2 Å². The Morgan fingerprint density at radius 3 is 2.65 bits per heavy atom. The van der Waals surface area contributed by atoms with E-state index in [-0.39, 0.29) is 41.0 Å². The number of carbonyl (C=O) groups is 1. The Kier molecular flexibility index (Phi) is 5.27. The molecular formula is C11H14O5S. The predicted molar refractivity (Wildman–Crippen MR) is 64.5 cm³/mol. The molecule has 1 unspecified atom stereocenters. The summed E-state index contributed by atoms with van der Waals surface area (Å²) in [6, 6.07) is 3.76. The Labute approximate surface area is 103 Å². The minimum atomic E-state index is -0.846. The Morgan fingerprint density at radius 1 is 1.35 bits per heavy atom. The fraction of sp³-hybridized carbons (Fsp3) is 0.364. The number of phenols is 2. The van der Waals surface area contributed by atoms with E-state index in [9.17, 15) is 9.90 Å². The molecule has 1 rings (SSSR count). The van der Waals surface area contributed by atoms with Crippen molar-refractivity contribution in [2.24, 2.45) is 0 Å². The summed E-state index contributed by atoms with van der Waals surface area (Å²) in [6.07, 6.45) is -0.846. The van der Waals surface area contributed by atoms with E-state index in [0.717, 1.165) is 6.07 Å². The van der Waals surface area contributed by atoms with E-state index in [4.69, 9.17) is 15.3 Å². The van der Waals surface area contributed by atoms with Crippen molar-refractivity contribution in [1.82, 2.24) is 0 Å². The molecule has 1 aromatic rings. The first kappa shape index (κ1) is 13.8. The van der Waals surface area contributed by atoms with E-state index < -0.39 is 6.10 Å². The molecule has 6 heteroatoms. The molecule has 0 aliphatic carbocycles. The van der Waals surface area contributed by atoms with Gasteiger partial charge < -0.3 is 20.4 Å². The fourth-order valence-electron chi connectivity index (χ4n) is 1.17. The molecule has 17 heavy (non-hydrogen) atoms. The van der Waals surface area contributed by atoms with Crippen LogP contribution in [0.3, 0.4) is 0 Å². The smallest absolute Gasteiger partial charge is 0.176 e. The molecule has 0 radical (unpaired) electrons. The van der Waals surface area contributed by atoms with Gasteiger partial charge in [0.05, 0.1) is 24.0 Å². The van der Waals surface area contributed by atoms with Crippen molar-refractivity contribution >= 4 is 17.5 Å². The van der Waals surface area contributed by atoms with Crippen LogP contribution >= 0.6 is 11.8 Å². The van der Waals surface area contributed by atoms with Crippen molar-refractivity contribution in [1.29, 1.82) is 0 Å². The molecule has 0 saturated carbocycles. The molecule has 0 amide bonds. The monoisotopic (exact) mass is 258 g/mol. The van der Waals surface area contributed by atoms with Gasteiger partial charge in [0.1, 0.15) is 11.5 Å². The summed E-state index contributed by atoms with van der Waals surface area (Å²) in [6.45, 7) is -0.342. The molecule has 0 aliphatic rings. The van der Waals surface area contributed by atoms with Gasteiger partial charge in [-0.25, -0.2) is 0 Å². The third kappa shape index (κ3) is 4.26. The zero-order valence-electron chi connectivity index (χ0n) is 9.04. The lowest BCUT2D eigenvalue weighted by Gasteiger charge is -2.07. The maximum absolute atomic E-state index is 11.6. The van der Waals surface area contributed by atoms with Gasteiger partial charge in [0.15, 0.2) is 5.78 Å². The van der Waals surface area contributed by atoms with Gasteiger partial charge in [0, 0.05) is 11.8 Å². The Bertz CT molecular complexity index is 393. The van der Waals surface area contributed by atoms with Gasteiger partial charge in [-0.2, -0.15) is 11.8 Å². The highest BCUT2D eigenvalue weighted by Gasteiger charge is 2.12. The van der Waals surface area contributed by atoms with Gasteiger partial charge in [-0.1, -0.05) is 0 Å². The number of phenolic OH excluding ortho intramolecular Hbond substituents is 2. The number of aliphatic hydroxyl groups is 2. The molecule has 1 aromatic carbocycles. The van der Waals surface area contributed by atoms with Crippen LogP contribution in [-0.4, -0.2) is 50.4 Å². The summed E-state index contributed by atoms with van der Waals surface area (Å²) in [7, 11) is 0.